The molecule has 8 nitrogen and oxygen atoms in total. The molecule has 0 aliphatic carbocycles. The summed E-state index contributed by atoms with van der Waals surface area (Å²) in [5.41, 5.74) is 6.32. The molecule has 0 aromatic heterocycles. The van der Waals surface area contributed by atoms with Gasteiger partial charge in [0, 0.05) is 6.07 Å². The minimum absolute atomic E-state index is 0.0295. The van der Waals surface area contributed by atoms with E-state index < -0.39 is 60.6 Å². The van der Waals surface area contributed by atoms with Crippen LogP contribution in [0.15, 0.2) is 72.8 Å². The van der Waals surface area contributed by atoms with Crippen molar-refractivity contribution in [3.05, 3.63) is 95.6 Å². The molecular formula is C26H23F2N3O5. The van der Waals surface area contributed by atoms with Gasteiger partial charge < -0.3 is 25.8 Å². The van der Waals surface area contributed by atoms with Crippen molar-refractivity contribution >= 4 is 23.4 Å². The highest BCUT2D eigenvalue weighted by atomic mass is 19.1. The van der Waals surface area contributed by atoms with Crippen molar-refractivity contribution in [1.82, 2.24) is 4.90 Å². The lowest BCUT2D eigenvalue weighted by Crippen LogP contribution is -2.60. The van der Waals surface area contributed by atoms with Crippen LogP contribution in [0, 0.1) is 11.6 Å². The van der Waals surface area contributed by atoms with Gasteiger partial charge in [-0.1, -0.05) is 42.5 Å². The van der Waals surface area contributed by atoms with Gasteiger partial charge in [0.2, 0.25) is 11.8 Å². The van der Waals surface area contributed by atoms with Crippen LogP contribution >= 0.6 is 0 Å². The molecule has 0 unspecified atom stereocenters. The third kappa shape index (κ3) is 5.18. The summed E-state index contributed by atoms with van der Waals surface area (Å²) in [4.78, 5) is 40.3. The van der Waals surface area contributed by atoms with Crippen LogP contribution in [-0.2, 0) is 20.8 Å². The zero-order valence-electron chi connectivity index (χ0n) is 18.9. The number of para-hydroxylation sites is 2. The van der Waals surface area contributed by atoms with Gasteiger partial charge in [0.1, 0.15) is 23.4 Å². The highest BCUT2D eigenvalue weighted by Crippen LogP contribution is 2.37. The standard InChI is InChI=1S/C26H23F2N3O5/c27-17-10-15(11-18(28)13-17)12-22(33)31(20(14-32)25(29)34)23-24(16-6-2-1-3-7-16)36-21-9-5-4-8-19(21)30-26(23)35/h1-11,13,20,23-24,32H,12,14H2,(H2,29,34)(H,30,35)/t20-,23-,24+/m0/s1. The molecule has 0 radical (unpaired) electrons. The Labute approximate surface area is 205 Å². The molecule has 36 heavy (non-hydrogen) atoms. The first-order valence-electron chi connectivity index (χ1n) is 11.1. The van der Waals surface area contributed by atoms with E-state index in [1.54, 1.807) is 54.6 Å². The van der Waals surface area contributed by atoms with Crippen LogP contribution in [0.5, 0.6) is 5.75 Å². The van der Waals surface area contributed by atoms with Crippen LogP contribution in [0.2, 0.25) is 0 Å². The van der Waals surface area contributed by atoms with Crippen molar-refractivity contribution in [3.8, 4) is 5.75 Å². The highest BCUT2D eigenvalue weighted by molar-refractivity contribution is 6.01. The van der Waals surface area contributed by atoms with E-state index in [-0.39, 0.29) is 5.56 Å². The SMILES string of the molecule is NC(=O)[C@H](CO)N(C(=O)Cc1cc(F)cc(F)c1)[C@@H]1C(=O)Nc2ccccc2O[C@@H]1c1ccccc1. The molecule has 0 bridgehead atoms. The Balaban J connectivity index is 1.83. The van der Waals surface area contributed by atoms with Crippen molar-refractivity contribution in [2.45, 2.75) is 24.6 Å². The largest absolute Gasteiger partial charge is 0.481 e. The molecule has 10 heteroatoms. The fourth-order valence-corrected chi connectivity index (χ4v) is 4.20. The van der Waals surface area contributed by atoms with Crippen molar-refractivity contribution in [3.63, 3.8) is 0 Å². The Hall–Kier alpha value is -4.31. The number of hydrogen-bond acceptors (Lipinski definition) is 5. The quantitative estimate of drug-likeness (QED) is 0.465. The number of fused-ring (bicyclic) bond motifs is 1. The number of benzene rings is 3. The van der Waals surface area contributed by atoms with E-state index in [2.05, 4.69) is 5.32 Å². The van der Waals surface area contributed by atoms with E-state index in [1.807, 2.05) is 0 Å². The molecular weight excluding hydrogens is 472 g/mol. The van der Waals surface area contributed by atoms with Gasteiger partial charge in [-0.3, -0.25) is 14.4 Å². The number of halogens is 2. The van der Waals surface area contributed by atoms with Gasteiger partial charge in [0.25, 0.3) is 5.91 Å². The number of aliphatic hydroxyl groups is 1. The Morgan fingerprint density at radius 1 is 1.03 bits per heavy atom. The summed E-state index contributed by atoms with van der Waals surface area (Å²) in [5, 5.41) is 12.7. The maximum absolute atomic E-state index is 13.8. The van der Waals surface area contributed by atoms with Gasteiger partial charge in [0.05, 0.1) is 18.7 Å². The molecule has 3 atom stereocenters. The van der Waals surface area contributed by atoms with Crippen molar-refractivity contribution in [1.29, 1.82) is 0 Å². The number of carbonyl (C=O) groups is 3. The van der Waals surface area contributed by atoms with Crippen LogP contribution in [-0.4, -0.2) is 46.4 Å². The first-order chi connectivity index (χ1) is 17.3. The van der Waals surface area contributed by atoms with Crippen LogP contribution in [0.25, 0.3) is 0 Å². The second kappa shape index (κ2) is 10.5. The van der Waals surface area contributed by atoms with Gasteiger partial charge in [-0.05, 0) is 35.4 Å². The summed E-state index contributed by atoms with van der Waals surface area (Å²) in [7, 11) is 0. The average molecular weight is 495 g/mol. The molecule has 0 saturated heterocycles. The summed E-state index contributed by atoms with van der Waals surface area (Å²) < 4.78 is 33.7. The lowest BCUT2D eigenvalue weighted by molar-refractivity contribution is -0.150. The Bertz CT molecular complexity index is 1270. The molecule has 1 aliphatic rings. The number of carbonyl (C=O) groups excluding carboxylic acids is 3. The first-order valence-corrected chi connectivity index (χ1v) is 11.1. The maximum atomic E-state index is 13.8. The zero-order valence-corrected chi connectivity index (χ0v) is 18.9. The zero-order chi connectivity index (χ0) is 25.8. The number of nitrogens with zero attached hydrogens (tertiary/aromatic N) is 1. The smallest absolute Gasteiger partial charge is 0.251 e. The fourth-order valence-electron chi connectivity index (χ4n) is 4.20. The average Bonchev–Trinajstić information content (AvgIpc) is 2.97. The van der Waals surface area contributed by atoms with Crippen molar-refractivity contribution in [2.24, 2.45) is 5.73 Å². The minimum atomic E-state index is -1.62. The number of aliphatic hydroxyl groups excluding tert-OH is 1. The first kappa shape index (κ1) is 24.8. The van der Waals surface area contributed by atoms with E-state index in [1.165, 1.54) is 0 Å². The molecule has 3 aromatic rings. The van der Waals surface area contributed by atoms with Crippen molar-refractivity contribution < 1.29 is 33.0 Å². The minimum Gasteiger partial charge on any atom is -0.481 e. The third-order valence-electron chi connectivity index (χ3n) is 5.78. The lowest BCUT2D eigenvalue weighted by atomic mass is 9.97. The van der Waals surface area contributed by atoms with Crippen LogP contribution in [0.4, 0.5) is 14.5 Å². The Morgan fingerprint density at radius 2 is 1.67 bits per heavy atom. The van der Waals surface area contributed by atoms with Gasteiger partial charge >= 0.3 is 0 Å². The number of nitrogens with two attached hydrogens (primary N) is 1. The van der Waals surface area contributed by atoms with Crippen LogP contribution in [0.3, 0.4) is 0 Å². The van der Waals surface area contributed by atoms with E-state index in [9.17, 15) is 28.3 Å². The normalized spacial score (nSPS) is 17.7. The van der Waals surface area contributed by atoms with Crippen LogP contribution in [0.1, 0.15) is 17.2 Å². The topological polar surface area (TPSA) is 122 Å². The third-order valence-corrected chi connectivity index (χ3v) is 5.78. The molecule has 186 valence electrons. The summed E-state index contributed by atoms with van der Waals surface area (Å²) in [6, 6.07) is 14.7. The molecule has 1 aliphatic heterocycles. The Kier molecular flexibility index (Phi) is 7.25. The molecule has 4 N–H and O–H groups in total. The monoisotopic (exact) mass is 495 g/mol. The lowest BCUT2D eigenvalue weighted by Gasteiger charge is -2.38. The predicted molar refractivity (Wildman–Crippen MR) is 126 cm³/mol. The summed E-state index contributed by atoms with van der Waals surface area (Å²) in [6.07, 6.45) is -1.69. The number of ether oxygens (including phenoxy) is 1. The van der Waals surface area contributed by atoms with E-state index in [4.69, 9.17) is 10.5 Å². The van der Waals surface area contributed by atoms with Crippen LogP contribution < -0.4 is 15.8 Å². The second-order valence-corrected chi connectivity index (χ2v) is 8.24. The maximum Gasteiger partial charge on any atom is 0.251 e. The second-order valence-electron chi connectivity index (χ2n) is 8.24. The molecule has 3 amide bonds. The molecule has 0 fully saturated rings. The number of rotatable bonds is 7. The number of primary amides is 1. The summed E-state index contributed by atoms with van der Waals surface area (Å²) in [5.74, 6) is -4.11. The van der Waals surface area contributed by atoms with Gasteiger partial charge in [-0.2, -0.15) is 0 Å². The molecule has 1 heterocycles. The van der Waals surface area contributed by atoms with Crippen molar-refractivity contribution in [2.75, 3.05) is 11.9 Å². The number of hydrogen-bond donors (Lipinski definition) is 3. The molecule has 0 saturated carbocycles. The van der Waals surface area contributed by atoms with E-state index in [0.29, 0.717) is 23.1 Å². The number of anilines is 1. The van der Waals surface area contributed by atoms with E-state index in [0.717, 1.165) is 17.0 Å². The Morgan fingerprint density at radius 3 is 2.31 bits per heavy atom. The van der Waals surface area contributed by atoms with E-state index >= 15 is 0 Å². The van der Waals surface area contributed by atoms with Gasteiger partial charge in [-0.15, -0.1) is 0 Å². The number of amides is 3. The predicted octanol–water partition coefficient (Wildman–Crippen LogP) is 2.32. The van der Waals surface area contributed by atoms with Gasteiger partial charge in [0.15, 0.2) is 12.1 Å². The highest BCUT2D eigenvalue weighted by Gasteiger charge is 2.45. The molecule has 0 spiro atoms. The number of nitrogens with one attached hydrogen (secondary N) is 1. The molecule has 3 aromatic carbocycles. The van der Waals surface area contributed by atoms with Gasteiger partial charge in [-0.25, -0.2) is 8.78 Å². The summed E-state index contributed by atoms with van der Waals surface area (Å²) in [6.45, 7) is -0.892. The molecule has 4 rings (SSSR count). The summed E-state index contributed by atoms with van der Waals surface area (Å²) >= 11 is 0. The fraction of sp³-hybridized carbons (Fsp3) is 0.192.